The van der Waals surface area contributed by atoms with Crippen molar-refractivity contribution in [1.82, 2.24) is 30.0 Å². The van der Waals surface area contributed by atoms with Gasteiger partial charge in [-0.15, -0.1) is 10.2 Å². The Hall–Kier alpha value is -3.54. The molecule has 2 heterocycles. The van der Waals surface area contributed by atoms with Crippen LogP contribution in [-0.2, 0) is 25.7 Å². The van der Waals surface area contributed by atoms with Gasteiger partial charge in [0.15, 0.2) is 0 Å². The average molecular weight is 621 g/mol. The highest BCUT2D eigenvalue weighted by atomic mass is 15.4. The van der Waals surface area contributed by atoms with Crippen LogP contribution in [0.15, 0.2) is 48.5 Å². The van der Waals surface area contributed by atoms with Crippen LogP contribution in [0.25, 0.3) is 33.4 Å². The predicted octanol–water partition coefficient (Wildman–Crippen LogP) is 10.9. The van der Waals surface area contributed by atoms with E-state index < -0.39 is 0 Å². The van der Waals surface area contributed by atoms with Gasteiger partial charge in [0.25, 0.3) is 0 Å². The minimum absolute atomic E-state index is 0.975. The predicted molar refractivity (Wildman–Crippen MR) is 193 cm³/mol. The van der Waals surface area contributed by atoms with E-state index >= 15 is 0 Å². The Morgan fingerprint density at radius 1 is 0.435 bits per heavy atom. The quantitative estimate of drug-likeness (QED) is 0.0812. The van der Waals surface area contributed by atoms with Crippen molar-refractivity contribution in [1.29, 1.82) is 0 Å². The van der Waals surface area contributed by atoms with Crippen LogP contribution in [-0.4, -0.2) is 30.0 Å². The highest BCUT2D eigenvalue weighted by Gasteiger charge is 2.19. The molecule has 0 unspecified atom stereocenters. The molecule has 6 heteroatoms. The molecule has 0 saturated carbocycles. The van der Waals surface area contributed by atoms with Crippen molar-refractivity contribution in [3.05, 3.63) is 70.8 Å². The van der Waals surface area contributed by atoms with Gasteiger partial charge in [0.2, 0.25) is 0 Å². The van der Waals surface area contributed by atoms with Gasteiger partial charge >= 0.3 is 0 Å². The van der Waals surface area contributed by atoms with E-state index in [-0.39, 0.29) is 0 Å². The second-order valence-corrected chi connectivity index (χ2v) is 13.3. The SMILES string of the molecule is CCCCCCCCc1cc(-n2nnc3cc(CCC)ccc32)c(CCCCCCCC)cc1-n1nnc2cc(CCC)ccc21. The lowest BCUT2D eigenvalue weighted by atomic mass is 9.97. The molecule has 0 N–H and O–H groups in total. The molecular formula is C40H56N6. The number of nitrogens with zero attached hydrogens (tertiary/aromatic N) is 6. The number of hydrogen-bond donors (Lipinski definition) is 0. The molecule has 0 atom stereocenters. The van der Waals surface area contributed by atoms with Crippen LogP contribution < -0.4 is 0 Å². The summed E-state index contributed by atoms with van der Waals surface area (Å²) in [7, 11) is 0. The maximum atomic E-state index is 4.77. The summed E-state index contributed by atoms with van der Waals surface area (Å²) < 4.78 is 4.20. The number of rotatable bonds is 20. The summed E-state index contributed by atoms with van der Waals surface area (Å²) in [5.74, 6) is 0. The minimum atomic E-state index is 0.975. The van der Waals surface area contributed by atoms with Crippen molar-refractivity contribution in [3.63, 3.8) is 0 Å². The van der Waals surface area contributed by atoms with Crippen LogP contribution in [0, 0.1) is 0 Å². The lowest BCUT2D eigenvalue weighted by Crippen LogP contribution is -2.09. The van der Waals surface area contributed by atoms with Crippen LogP contribution in [0.4, 0.5) is 0 Å². The molecule has 2 aromatic heterocycles. The van der Waals surface area contributed by atoms with Gasteiger partial charge in [-0.05, 0) is 97.2 Å². The zero-order valence-corrected chi connectivity index (χ0v) is 29.0. The molecule has 246 valence electrons. The summed E-state index contributed by atoms with van der Waals surface area (Å²) >= 11 is 0. The van der Waals surface area contributed by atoms with Crippen LogP contribution >= 0.6 is 0 Å². The van der Waals surface area contributed by atoms with Crippen LogP contribution in [0.1, 0.15) is 140 Å². The molecule has 0 aliphatic rings. The van der Waals surface area contributed by atoms with E-state index in [1.807, 2.05) is 0 Å². The first-order valence-electron chi connectivity index (χ1n) is 18.5. The molecule has 0 bridgehead atoms. The third kappa shape index (κ3) is 8.43. The summed E-state index contributed by atoms with van der Waals surface area (Å²) in [6.07, 6.45) is 21.7. The molecule has 5 aromatic rings. The standard InChI is InChI=1S/C40H56N6/c1-5-9-11-13-15-17-21-33-29-40(46-38-26-24-32(20-8-4)28-36(38)42-44-46)34(22-18-16-14-12-10-6-2)30-39(33)45-37-25-23-31(19-7-3)27-35(37)41-43-45/h23-30H,5-22H2,1-4H3. The molecule has 0 aliphatic carbocycles. The van der Waals surface area contributed by atoms with Gasteiger partial charge in [-0.1, -0.05) is 127 Å². The lowest BCUT2D eigenvalue weighted by molar-refractivity contribution is 0.604. The molecule has 3 aromatic carbocycles. The molecule has 46 heavy (non-hydrogen) atoms. The third-order valence-corrected chi connectivity index (χ3v) is 9.43. The smallest absolute Gasteiger partial charge is 0.113 e. The molecule has 0 spiro atoms. The Balaban J connectivity index is 1.57. The van der Waals surface area contributed by atoms with Crippen molar-refractivity contribution in [3.8, 4) is 11.4 Å². The number of aryl methyl sites for hydroxylation is 4. The zero-order chi connectivity index (χ0) is 32.1. The van der Waals surface area contributed by atoms with Crippen LogP contribution in [0.5, 0.6) is 0 Å². The Bertz CT molecular complexity index is 1540. The molecular weight excluding hydrogens is 564 g/mol. The fraction of sp³-hybridized carbons (Fsp3) is 0.550. The summed E-state index contributed by atoms with van der Waals surface area (Å²) in [6.45, 7) is 9.02. The van der Waals surface area contributed by atoms with Gasteiger partial charge in [0.05, 0.1) is 22.4 Å². The maximum absolute atomic E-state index is 4.77. The fourth-order valence-corrected chi connectivity index (χ4v) is 6.83. The van der Waals surface area contributed by atoms with E-state index in [1.165, 1.54) is 111 Å². The van der Waals surface area contributed by atoms with E-state index in [0.717, 1.165) is 60.6 Å². The van der Waals surface area contributed by atoms with Gasteiger partial charge < -0.3 is 0 Å². The Kier molecular flexibility index (Phi) is 12.8. The Labute approximate surface area is 277 Å². The molecule has 0 saturated heterocycles. The monoisotopic (exact) mass is 620 g/mol. The molecule has 5 rings (SSSR count). The number of fused-ring (bicyclic) bond motifs is 2. The largest absolute Gasteiger partial charge is 0.213 e. The third-order valence-electron chi connectivity index (χ3n) is 9.43. The summed E-state index contributed by atoms with van der Waals surface area (Å²) in [5, 5.41) is 18.9. The van der Waals surface area contributed by atoms with Gasteiger partial charge in [0.1, 0.15) is 11.0 Å². The molecule has 0 radical (unpaired) electrons. The lowest BCUT2D eigenvalue weighted by Gasteiger charge is -2.18. The van der Waals surface area contributed by atoms with Crippen molar-refractivity contribution in [2.45, 2.75) is 143 Å². The second-order valence-electron chi connectivity index (χ2n) is 13.3. The molecule has 0 fully saturated rings. The second kappa shape index (κ2) is 17.4. The highest BCUT2D eigenvalue weighted by molar-refractivity contribution is 5.79. The summed E-state index contributed by atoms with van der Waals surface area (Å²) in [6, 6.07) is 18.2. The van der Waals surface area contributed by atoms with E-state index in [0.29, 0.717) is 0 Å². The highest BCUT2D eigenvalue weighted by Crippen LogP contribution is 2.31. The summed E-state index contributed by atoms with van der Waals surface area (Å²) in [5.41, 5.74) is 11.7. The van der Waals surface area contributed by atoms with E-state index in [1.54, 1.807) is 0 Å². The van der Waals surface area contributed by atoms with Crippen molar-refractivity contribution in [2.24, 2.45) is 0 Å². The Morgan fingerprint density at radius 3 is 1.26 bits per heavy atom. The summed E-state index contributed by atoms with van der Waals surface area (Å²) in [4.78, 5) is 0. The first-order chi connectivity index (χ1) is 22.7. The van der Waals surface area contributed by atoms with Crippen LogP contribution in [0.2, 0.25) is 0 Å². The van der Waals surface area contributed by atoms with E-state index in [2.05, 4.69) is 95.8 Å². The van der Waals surface area contributed by atoms with Gasteiger partial charge in [-0.2, -0.15) is 0 Å². The van der Waals surface area contributed by atoms with Gasteiger partial charge in [0, 0.05) is 0 Å². The average Bonchev–Trinajstić information content (AvgIpc) is 3.68. The van der Waals surface area contributed by atoms with Crippen molar-refractivity contribution < 1.29 is 0 Å². The van der Waals surface area contributed by atoms with Crippen LogP contribution in [0.3, 0.4) is 0 Å². The molecule has 0 aliphatic heterocycles. The molecule has 6 nitrogen and oxygen atoms in total. The number of aromatic nitrogens is 6. The van der Waals surface area contributed by atoms with Crippen molar-refractivity contribution >= 4 is 22.1 Å². The number of hydrogen-bond acceptors (Lipinski definition) is 4. The van der Waals surface area contributed by atoms with Crippen molar-refractivity contribution in [2.75, 3.05) is 0 Å². The Morgan fingerprint density at radius 2 is 0.848 bits per heavy atom. The molecule has 0 amide bonds. The van der Waals surface area contributed by atoms with E-state index in [9.17, 15) is 0 Å². The zero-order valence-electron chi connectivity index (χ0n) is 29.0. The topological polar surface area (TPSA) is 61.4 Å². The minimum Gasteiger partial charge on any atom is -0.213 e. The number of unbranched alkanes of at least 4 members (excludes halogenated alkanes) is 10. The number of benzene rings is 3. The van der Waals surface area contributed by atoms with Gasteiger partial charge in [-0.3, -0.25) is 0 Å². The van der Waals surface area contributed by atoms with E-state index in [4.69, 9.17) is 10.4 Å². The maximum Gasteiger partial charge on any atom is 0.113 e. The van der Waals surface area contributed by atoms with Gasteiger partial charge in [-0.25, -0.2) is 9.36 Å². The first kappa shape index (κ1) is 33.8. The normalized spacial score (nSPS) is 11.7. The fourth-order valence-electron chi connectivity index (χ4n) is 6.83. The first-order valence-corrected chi connectivity index (χ1v) is 18.5.